The number of aliphatic hydroxyl groups excluding tert-OH is 3. The molecule has 1 aliphatic rings. The van der Waals surface area contributed by atoms with Gasteiger partial charge in [-0.15, -0.1) is 0 Å². The Morgan fingerprint density at radius 3 is 2.20 bits per heavy atom. The number of aliphatic imine (C=N–C) groups is 1. The van der Waals surface area contributed by atoms with Crippen molar-refractivity contribution in [1.82, 2.24) is 0 Å². The third-order valence-electron chi connectivity index (χ3n) is 6.30. The van der Waals surface area contributed by atoms with E-state index in [-0.39, 0.29) is 23.2 Å². The summed E-state index contributed by atoms with van der Waals surface area (Å²) in [6.45, 7) is 12.1. The highest BCUT2D eigenvalue weighted by atomic mass is 16.7. The van der Waals surface area contributed by atoms with Crippen LogP contribution in [0.3, 0.4) is 0 Å². The van der Waals surface area contributed by atoms with Gasteiger partial charge < -0.3 is 29.9 Å². The number of phenols is 1. The van der Waals surface area contributed by atoms with Crippen molar-refractivity contribution in [2.45, 2.75) is 89.6 Å². The third kappa shape index (κ3) is 6.48. The fourth-order valence-corrected chi connectivity index (χ4v) is 4.04. The Morgan fingerprint density at radius 1 is 0.971 bits per heavy atom. The molecule has 1 aliphatic heterocycles. The number of nitrogens with zero attached hydrogens (tertiary/aromatic N) is 1. The van der Waals surface area contributed by atoms with E-state index in [9.17, 15) is 20.4 Å². The molecule has 1 fully saturated rings. The van der Waals surface area contributed by atoms with Crippen LogP contribution < -0.4 is 0 Å². The molecule has 1 saturated heterocycles. The van der Waals surface area contributed by atoms with Crippen LogP contribution >= 0.6 is 0 Å². The zero-order valence-electron chi connectivity index (χ0n) is 21.5. The first-order valence-corrected chi connectivity index (χ1v) is 12.0. The first-order chi connectivity index (χ1) is 16.3. The van der Waals surface area contributed by atoms with Crippen molar-refractivity contribution >= 4 is 6.21 Å². The molecule has 0 saturated carbocycles. The lowest BCUT2D eigenvalue weighted by Gasteiger charge is -2.40. The van der Waals surface area contributed by atoms with Crippen LogP contribution in [0, 0.1) is 0 Å². The smallest absolute Gasteiger partial charge is 0.183 e. The van der Waals surface area contributed by atoms with Crippen LogP contribution in [0.1, 0.15) is 63.8 Å². The standard InChI is InChI=1S/C28H39NO6/c1-27(2,3)19-12-18(23(31)20(13-19)28(4,5)6)14-29-22-25(33)24(32)21(15-30)35-26(22)34-16-17-10-8-7-9-11-17/h7-14,21-22,24-26,30-33H,15-16H2,1-6H3/t21-,22-,24-,25-,26+/m1/s1. The van der Waals surface area contributed by atoms with Gasteiger partial charge in [-0.05, 0) is 28.0 Å². The lowest BCUT2D eigenvalue weighted by Crippen LogP contribution is -2.58. The zero-order valence-corrected chi connectivity index (χ0v) is 21.5. The zero-order chi connectivity index (χ0) is 26.0. The van der Waals surface area contributed by atoms with Crippen LogP contribution in [0.15, 0.2) is 47.5 Å². The number of ether oxygens (including phenoxy) is 2. The van der Waals surface area contributed by atoms with E-state index in [1.807, 2.05) is 63.2 Å². The number of benzene rings is 2. The Balaban J connectivity index is 1.96. The molecule has 192 valence electrons. The normalized spacial score (nSPS) is 25.8. The molecule has 0 radical (unpaired) electrons. The minimum atomic E-state index is -1.33. The lowest BCUT2D eigenvalue weighted by molar-refractivity contribution is -0.268. The summed E-state index contributed by atoms with van der Waals surface area (Å²) in [5.41, 5.74) is 2.80. The molecule has 7 nitrogen and oxygen atoms in total. The van der Waals surface area contributed by atoms with Crippen molar-refractivity contribution in [1.29, 1.82) is 0 Å². The first-order valence-electron chi connectivity index (χ1n) is 12.0. The van der Waals surface area contributed by atoms with Gasteiger partial charge in [0.2, 0.25) is 0 Å². The van der Waals surface area contributed by atoms with Crippen LogP contribution in [-0.4, -0.2) is 63.9 Å². The first kappa shape index (κ1) is 27.3. The summed E-state index contributed by atoms with van der Waals surface area (Å²) >= 11 is 0. The molecule has 0 amide bonds. The maximum absolute atomic E-state index is 11.1. The van der Waals surface area contributed by atoms with Crippen molar-refractivity contribution in [3.63, 3.8) is 0 Å². The largest absolute Gasteiger partial charge is 0.507 e. The fourth-order valence-electron chi connectivity index (χ4n) is 4.04. The van der Waals surface area contributed by atoms with Crippen molar-refractivity contribution in [2.75, 3.05) is 6.61 Å². The number of aliphatic hydroxyl groups is 3. The Kier molecular flexibility index (Phi) is 8.40. The van der Waals surface area contributed by atoms with Crippen molar-refractivity contribution < 1.29 is 29.9 Å². The van der Waals surface area contributed by atoms with E-state index in [0.717, 1.165) is 16.7 Å². The second-order valence-corrected chi connectivity index (χ2v) is 11.2. The van der Waals surface area contributed by atoms with Crippen molar-refractivity contribution in [3.8, 4) is 5.75 Å². The molecule has 7 heteroatoms. The number of rotatable bonds is 6. The van der Waals surface area contributed by atoms with Gasteiger partial charge in [0.15, 0.2) is 6.29 Å². The topological polar surface area (TPSA) is 112 Å². The highest BCUT2D eigenvalue weighted by Crippen LogP contribution is 2.37. The second-order valence-electron chi connectivity index (χ2n) is 11.2. The molecule has 4 N–H and O–H groups in total. The quantitative estimate of drug-likeness (QED) is 0.467. The Labute approximate surface area is 208 Å². The highest BCUT2D eigenvalue weighted by Gasteiger charge is 2.44. The minimum absolute atomic E-state index is 0.121. The molecule has 2 aromatic rings. The van der Waals surface area contributed by atoms with E-state index in [1.165, 1.54) is 6.21 Å². The average Bonchev–Trinajstić information content (AvgIpc) is 2.79. The van der Waals surface area contributed by atoms with Gasteiger partial charge in [-0.25, -0.2) is 0 Å². The van der Waals surface area contributed by atoms with Crippen LogP contribution in [-0.2, 0) is 26.9 Å². The molecular formula is C28H39NO6. The number of phenolic OH excluding ortho intramolecular Hbond substituents is 1. The molecule has 2 aromatic carbocycles. The average molecular weight is 486 g/mol. The molecule has 1 heterocycles. The number of aromatic hydroxyl groups is 1. The van der Waals surface area contributed by atoms with E-state index in [0.29, 0.717) is 5.56 Å². The molecule has 35 heavy (non-hydrogen) atoms. The molecule has 0 aromatic heterocycles. The lowest BCUT2D eigenvalue weighted by atomic mass is 9.79. The Bertz CT molecular complexity index is 1010. The van der Waals surface area contributed by atoms with Gasteiger partial charge >= 0.3 is 0 Å². The van der Waals surface area contributed by atoms with Crippen LogP contribution in [0.5, 0.6) is 5.75 Å². The van der Waals surface area contributed by atoms with Gasteiger partial charge in [0, 0.05) is 17.3 Å². The van der Waals surface area contributed by atoms with Crippen LogP contribution in [0.2, 0.25) is 0 Å². The van der Waals surface area contributed by atoms with E-state index < -0.39 is 37.3 Å². The molecule has 0 bridgehead atoms. The van der Waals surface area contributed by atoms with Gasteiger partial charge in [-0.3, -0.25) is 4.99 Å². The van der Waals surface area contributed by atoms with E-state index in [2.05, 4.69) is 25.8 Å². The number of hydrogen-bond acceptors (Lipinski definition) is 7. The van der Waals surface area contributed by atoms with Gasteiger partial charge in [0.25, 0.3) is 0 Å². The summed E-state index contributed by atoms with van der Waals surface area (Å²) in [5.74, 6) is 0.121. The monoisotopic (exact) mass is 485 g/mol. The maximum atomic E-state index is 11.1. The molecular weight excluding hydrogens is 446 g/mol. The Morgan fingerprint density at radius 2 is 1.63 bits per heavy atom. The molecule has 0 aliphatic carbocycles. The van der Waals surface area contributed by atoms with Gasteiger partial charge in [-0.1, -0.05) is 77.9 Å². The SMILES string of the molecule is CC(C)(C)c1cc(C=N[C@H]2[C@@H](OCc3ccccc3)O[C@H](CO)[C@@H](O)[C@@H]2O)c(O)c(C(C)(C)C)c1. The summed E-state index contributed by atoms with van der Waals surface area (Å²) in [6, 6.07) is 12.4. The summed E-state index contributed by atoms with van der Waals surface area (Å²) in [4.78, 5) is 4.53. The van der Waals surface area contributed by atoms with Gasteiger partial charge in [0.1, 0.15) is 30.1 Å². The number of hydrogen-bond donors (Lipinski definition) is 4. The fraction of sp³-hybridized carbons (Fsp3) is 0.536. The third-order valence-corrected chi connectivity index (χ3v) is 6.30. The summed E-state index contributed by atoms with van der Waals surface area (Å²) in [6.07, 6.45) is -3.16. The van der Waals surface area contributed by atoms with E-state index in [1.54, 1.807) is 0 Å². The summed E-state index contributed by atoms with van der Waals surface area (Å²) < 4.78 is 11.7. The van der Waals surface area contributed by atoms with Gasteiger partial charge in [0.05, 0.1) is 13.2 Å². The molecule has 5 atom stereocenters. The van der Waals surface area contributed by atoms with E-state index >= 15 is 0 Å². The molecule has 0 unspecified atom stereocenters. The van der Waals surface area contributed by atoms with Crippen LogP contribution in [0.25, 0.3) is 0 Å². The Hall–Kier alpha value is -2.29. The predicted octanol–water partition coefficient (Wildman–Crippen LogP) is 3.43. The molecule has 0 spiro atoms. The summed E-state index contributed by atoms with van der Waals surface area (Å²) in [5, 5.41) is 41.9. The van der Waals surface area contributed by atoms with Crippen LogP contribution in [0.4, 0.5) is 0 Å². The molecule has 3 rings (SSSR count). The summed E-state index contributed by atoms with van der Waals surface area (Å²) in [7, 11) is 0. The maximum Gasteiger partial charge on any atom is 0.183 e. The van der Waals surface area contributed by atoms with Gasteiger partial charge in [-0.2, -0.15) is 0 Å². The minimum Gasteiger partial charge on any atom is -0.507 e. The highest BCUT2D eigenvalue weighted by molar-refractivity contribution is 5.85. The van der Waals surface area contributed by atoms with Crippen molar-refractivity contribution in [3.05, 3.63) is 64.7 Å². The predicted molar refractivity (Wildman–Crippen MR) is 136 cm³/mol. The second kappa shape index (κ2) is 10.8. The van der Waals surface area contributed by atoms with E-state index in [4.69, 9.17) is 9.47 Å². The van der Waals surface area contributed by atoms with Crippen molar-refractivity contribution in [2.24, 2.45) is 4.99 Å².